The molecule has 0 aliphatic heterocycles. The van der Waals surface area contributed by atoms with Crippen LogP contribution in [0.15, 0.2) is 91.0 Å². The van der Waals surface area contributed by atoms with Crippen molar-refractivity contribution in [3.63, 3.8) is 0 Å². The zero-order valence-corrected chi connectivity index (χ0v) is 16.4. The molecule has 0 amide bonds. The lowest BCUT2D eigenvalue weighted by Gasteiger charge is -2.43. The van der Waals surface area contributed by atoms with Gasteiger partial charge in [0.05, 0.1) is 11.1 Å². The molecule has 3 rings (SSSR count). The van der Waals surface area contributed by atoms with E-state index in [1.165, 1.54) is 0 Å². The van der Waals surface area contributed by atoms with Gasteiger partial charge in [0.15, 0.2) is 0 Å². The monoisotopic (exact) mass is 359 g/mol. The molecule has 0 aromatic heterocycles. The molecular weight excluding hydrogens is 330 g/mol. The summed E-state index contributed by atoms with van der Waals surface area (Å²) in [5, 5.41) is 14.7. The van der Waals surface area contributed by atoms with Crippen molar-refractivity contribution >= 4 is 0 Å². The van der Waals surface area contributed by atoms with Crippen molar-refractivity contribution in [2.45, 2.75) is 44.4 Å². The van der Waals surface area contributed by atoms with Gasteiger partial charge in [0.1, 0.15) is 0 Å². The Morgan fingerprint density at radius 1 is 0.704 bits per heavy atom. The van der Waals surface area contributed by atoms with Crippen molar-refractivity contribution < 1.29 is 5.11 Å². The molecule has 0 aliphatic rings. The van der Waals surface area contributed by atoms with E-state index in [9.17, 15) is 5.11 Å². The van der Waals surface area contributed by atoms with E-state index in [1.807, 2.05) is 32.0 Å². The van der Waals surface area contributed by atoms with Crippen molar-refractivity contribution in [1.82, 2.24) is 5.32 Å². The molecular formula is C25H29NO. The topological polar surface area (TPSA) is 32.3 Å². The smallest absolute Gasteiger partial charge is 0.0951 e. The molecule has 0 spiro atoms. The normalized spacial score (nSPS) is 13.3. The molecule has 0 saturated carbocycles. The fourth-order valence-corrected chi connectivity index (χ4v) is 3.85. The Kier molecular flexibility index (Phi) is 5.79. The first-order valence-corrected chi connectivity index (χ1v) is 9.65. The van der Waals surface area contributed by atoms with Gasteiger partial charge in [0.25, 0.3) is 0 Å². The van der Waals surface area contributed by atoms with Gasteiger partial charge in [0, 0.05) is 6.04 Å². The van der Waals surface area contributed by atoms with Crippen LogP contribution >= 0.6 is 0 Å². The Morgan fingerprint density at radius 2 is 1.04 bits per heavy atom. The summed E-state index contributed by atoms with van der Waals surface area (Å²) in [7, 11) is 0. The highest BCUT2D eigenvalue weighted by molar-refractivity contribution is 5.49. The van der Waals surface area contributed by atoms with Gasteiger partial charge in [0.2, 0.25) is 0 Å². The summed E-state index contributed by atoms with van der Waals surface area (Å²) in [5.74, 6) is 0. The fraction of sp³-hybridized carbons (Fsp3) is 0.280. The summed E-state index contributed by atoms with van der Waals surface area (Å²) in [4.78, 5) is 0. The first-order chi connectivity index (χ1) is 13.0. The molecule has 1 unspecified atom stereocenters. The van der Waals surface area contributed by atoms with Crippen molar-refractivity contribution in [2.75, 3.05) is 0 Å². The summed E-state index contributed by atoms with van der Waals surface area (Å²) >= 11 is 0. The van der Waals surface area contributed by atoms with Crippen molar-refractivity contribution in [1.29, 1.82) is 0 Å². The minimum Gasteiger partial charge on any atom is -0.389 e. The summed E-state index contributed by atoms with van der Waals surface area (Å²) in [5.41, 5.74) is 2.07. The van der Waals surface area contributed by atoms with Crippen LogP contribution in [0.1, 0.15) is 43.9 Å². The number of benzene rings is 3. The van der Waals surface area contributed by atoms with Crippen LogP contribution in [0.5, 0.6) is 0 Å². The van der Waals surface area contributed by atoms with Gasteiger partial charge in [-0.1, -0.05) is 97.9 Å². The Labute approximate surface area is 162 Å². The van der Waals surface area contributed by atoms with E-state index in [-0.39, 0.29) is 6.04 Å². The number of rotatable bonds is 7. The molecule has 0 bridgehead atoms. The summed E-state index contributed by atoms with van der Waals surface area (Å²) in [6, 6.07) is 31.4. The molecule has 0 aliphatic carbocycles. The molecule has 0 heterocycles. The lowest BCUT2D eigenvalue weighted by Crippen LogP contribution is -2.56. The van der Waals surface area contributed by atoms with Crippen LogP contribution in [0, 0.1) is 0 Å². The maximum atomic E-state index is 10.8. The van der Waals surface area contributed by atoms with E-state index >= 15 is 0 Å². The van der Waals surface area contributed by atoms with Gasteiger partial charge in [-0.2, -0.15) is 0 Å². The molecule has 27 heavy (non-hydrogen) atoms. The van der Waals surface area contributed by atoms with E-state index in [4.69, 9.17) is 0 Å². The largest absolute Gasteiger partial charge is 0.389 e. The second-order valence-electron chi connectivity index (χ2n) is 7.61. The second-order valence-corrected chi connectivity index (χ2v) is 7.61. The van der Waals surface area contributed by atoms with Crippen molar-refractivity contribution in [2.24, 2.45) is 0 Å². The van der Waals surface area contributed by atoms with Crippen molar-refractivity contribution in [3.8, 4) is 0 Å². The van der Waals surface area contributed by atoms with Crippen LogP contribution in [0.4, 0.5) is 0 Å². The molecule has 2 nitrogen and oxygen atoms in total. The van der Waals surface area contributed by atoms with Gasteiger partial charge < -0.3 is 5.11 Å². The zero-order chi connectivity index (χ0) is 19.3. The molecule has 1 atom stereocenters. The average Bonchev–Trinajstić information content (AvgIpc) is 2.70. The lowest BCUT2D eigenvalue weighted by atomic mass is 9.75. The predicted molar refractivity (Wildman–Crippen MR) is 113 cm³/mol. The highest BCUT2D eigenvalue weighted by Gasteiger charge is 2.40. The SMILES string of the molecule is CCC(NC(c1ccccc1)(c1ccccc1)c1ccccc1)C(C)(C)O. The van der Waals surface area contributed by atoms with Crippen LogP contribution in [0.25, 0.3) is 0 Å². The highest BCUT2D eigenvalue weighted by atomic mass is 16.3. The quantitative estimate of drug-likeness (QED) is 0.574. The Morgan fingerprint density at radius 3 is 1.30 bits per heavy atom. The van der Waals surface area contributed by atoms with Crippen molar-refractivity contribution in [3.05, 3.63) is 108 Å². The molecule has 0 radical (unpaired) electrons. The maximum absolute atomic E-state index is 10.8. The number of nitrogens with one attached hydrogen (secondary N) is 1. The van der Waals surface area contributed by atoms with Crippen LogP contribution < -0.4 is 5.32 Å². The summed E-state index contributed by atoms with van der Waals surface area (Å²) in [6.45, 7) is 5.86. The van der Waals surface area contributed by atoms with Gasteiger partial charge >= 0.3 is 0 Å². The van der Waals surface area contributed by atoms with Gasteiger partial charge in [-0.15, -0.1) is 0 Å². The average molecular weight is 360 g/mol. The van der Waals surface area contributed by atoms with E-state index in [0.29, 0.717) is 0 Å². The van der Waals surface area contributed by atoms with Crippen LogP contribution in [-0.4, -0.2) is 16.7 Å². The molecule has 0 saturated heterocycles. The zero-order valence-electron chi connectivity index (χ0n) is 16.4. The lowest BCUT2D eigenvalue weighted by molar-refractivity contribution is 0.0281. The summed E-state index contributed by atoms with van der Waals surface area (Å²) < 4.78 is 0. The van der Waals surface area contributed by atoms with Gasteiger partial charge in [-0.05, 0) is 37.0 Å². The van der Waals surface area contributed by atoms with Gasteiger partial charge in [-0.3, -0.25) is 5.32 Å². The van der Waals surface area contributed by atoms with E-state index in [0.717, 1.165) is 23.1 Å². The molecule has 3 aromatic carbocycles. The van der Waals surface area contributed by atoms with E-state index in [1.54, 1.807) is 0 Å². The molecule has 140 valence electrons. The van der Waals surface area contributed by atoms with Crippen LogP contribution in [-0.2, 0) is 5.54 Å². The third kappa shape index (κ3) is 3.97. The van der Waals surface area contributed by atoms with E-state index < -0.39 is 11.1 Å². The Bertz CT molecular complexity index is 726. The second kappa shape index (κ2) is 8.08. The molecule has 2 heteroatoms. The minimum absolute atomic E-state index is 0.0851. The standard InChI is InChI=1S/C25H29NO/c1-4-23(24(2,3)27)26-25(20-14-8-5-9-15-20,21-16-10-6-11-17-21)22-18-12-7-13-19-22/h5-19,23,26-27H,4H2,1-3H3. The summed E-state index contributed by atoms with van der Waals surface area (Å²) in [6.07, 6.45) is 0.817. The first kappa shape index (κ1) is 19.3. The maximum Gasteiger partial charge on any atom is 0.0951 e. The molecule has 3 aromatic rings. The third-order valence-corrected chi connectivity index (χ3v) is 5.27. The van der Waals surface area contributed by atoms with Crippen LogP contribution in [0.3, 0.4) is 0 Å². The Balaban J connectivity index is 2.29. The number of hydrogen-bond acceptors (Lipinski definition) is 2. The van der Waals surface area contributed by atoms with Gasteiger partial charge in [-0.25, -0.2) is 0 Å². The minimum atomic E-state index is -0.849. The number of hydrogen-bond donors (Lipinski definition) is 2. The number of aliphatic hydroxyl groups is 1. The van der Waals surface area contributed by atoms with Crippen LogP contribution in [0.2, 0.25) is 0 Å². The highest BCUT2D eigenvalue weighted by Crippen LogP contribution is 2.38. The first-order valence-electron chi connectivity index (χ1n) is 9.65. The molecule has 0 fully saturated rings. The molecule has 2 N–H and O–H groups in total. The fourth-order valence-electron chi connectivity index (χ4n) is 3.85. The Hall–Kier alpha value is -2.42. The predicted octanol–water partition coefficient (Wildman–Crippen LogP) is 5.12. The third-order valence-electron chi connectivity index (χ3n) is 5.27. The van der Waals surface area contributed by atoms with E-state index in [2.05, 4.69) is 85.0 Å².